The van der Waals surface area contributed by atoms with Crippen LogP contribution >= 0.6 is 0 Å². The van der Waals surface area contributed by atoms with Gasteiger partial charge in [0.05, 0.1) is 6.42 Å². The summed E-state index contributed by atoms with van der Waals surface area (Å²) in [6.07, 6.45) is -0.487. The largest absolute Gasteiger partial charge is 0.417 e. The van der Waals surface area contributed by atoms with Gasteiger partial charge >= 0.3 is 6.18 Å². The molecule has 26 heavy (non-hydrogen) atoms. The van der Waals surface area contributed by atoms with Gasteiger partial charge in [-0.05, 0) is 49.9 Å². The van der Waals surface area contributed by atoms with Crippen molar-refractivity contribution in [1.29, 1.82) is 0 Å². The van der Waals surface area contributed by atoms with Crippen LogP contribution in [0.15, 0.2) is 0 Å². The number of hydrogen-bond donors (Lipinski definition) is 2. The van der Waals surface area contributed by atoms with E-state index in [2.05, 4.69) is 12.2 Å². The van der Waals surface area contributed by atoms with Crippen LogP contribution in [0, 0.1) is 23.2 Å². The number of aliphatic hydroxyl groups is 1. The summed E-state index contributed by atoms with van der Waals surface area (Å²) in [5, 5.41) is 12.0. The molecule has 2 saturated carbocycles. The van der Waals surface area contributed by atoms with Crippen LogP contribution in [0.3, 0.4) is 0 Å². The Morgan fingerprint density at radius 2 is 2.00 bits per heavy atom. The summed E-state index contributed by atoms with van der Waals surface area (Å²) in [5.74, 6) is -0.0844. The number of carbonyl (C=O) groups excluding carboxylic acids is 2. The predicted molar refractivity (Wildman–Crippen MR) is 91.3 cm³/mol. The zero-order valence-electron chi connectivity index (χ0n) is 15.8. The maximum atomic E-state index is 12.7. The Kier molecular flexibility index (Phi) is 6.10. The highest BCUT2D eigenvalue weighted by molar-refractivity contribution is 5.82. The second-order valence-corrected chi connectivity index (χ2v) is 8.65. The van der Waals surface area contributed by atoms with Gasteiger partial charge in [-0.15, -0.1) is 0 Å². The molecule has 4 nitrogen and oxygen atoms in total. The van der Waals surface area contributed by atoms with Gasteiger partial charge in [-0.1, -0.05) is 20.3 Å². The first-order valence-corrected chi connectivity index (χ1v) is 9.47. The van der Waals surface area contributed by atoms with Crippen molar-refractivity contribution in [1.82, 2.24) is 5.32 Å². The standard InChI is InChI=1S/C19H30F3NO3/c1-12(11-23-16(25)10-18(3,26)19(20,21)22)13-6-4-7-14-15(24)8-5-9-17(13,14)2/h12-14,26H,4-11H2,1-3H3,(H,23,25)/t12?,13-,14+,17-,18?/m1/s1. The fourth-order valence-corrected chi connectivity index (χ4v) is 4.99. The number of carbonyl (C=O) groups is 2. The van der Waals surface area contributed by atoms with Gasteiger partial charge in [0.1, 0.15) is 5.78 Å². The predicted octanol–water partition coefficient (Wildman–Crippen LogP) is 3.62. The summed E-state index contributed by atoms with van der Waals surface area (Å²) in [7, 11) is 0. The molecule has 0 spiro atoms. The third kappa shape index (κ3) is 4.24. The van der Waals surface area contributed by atoms with E-state index in [1.165, 1.54) is 0 Å². The van der Waals surface area contributed by atoms with E-state index in [0.717, 1.165) is 32.1 Å². The Bertz CT molecular complexity index is 547. The number of halogens is 3. The number of Topliss-reactive ketones (excluding diaryl/α,β-unsaturated/α-hetero) is 1. The van der Waals surface area contributed by atoms with Crippen molar-refractivity contribution in [3.05, 3.63) is 0 Å². The lowest BCUT2D eigenvalue weighted by Crippen LogP contribution is -2.50. The van der Waals surface area contributed by atoms with Crippen molar-refractivity contribution in [2.75, 3.05) is 6.54 Å². The Morgan fingerprint density at radius 1 is 1.35 bits per heavy atom. The van der Waals surface area contributed by atoms with Crippen LogP contribution in [0.5, 0.6) is 0 Å². The van der Waals surface area contributed by atoms with E-state index in [0.29, 0.717) is 19.1 Å². The third-order valence-electron chi connectivity index (χ3n) is 6.60. The van der Waals surface area contributed by atoms with Gasteiger partial charge in [0.2, 0.25) is 5.91 Å². The molecule has 7 heteroatoms. The summed E-state index contributed by atoms with van der Waals surface area (Å²) in [5.41, 5.74) is -3.12. The average Bonchev–Trinajstić information content (AvgIpc) is 2.50. The first-order valence-electron chi connectivity index (χ1n) is 9.47. The average molecular weight is 377 g/mol. The van der Waals surface area contributed by atoms with E-state index >= 15 is 0 Å². The smallest absolute Gasteiger partial charge is 0.380 e. The molecule has 0 radical (unpaired) electrons. The Labute approximate surface area is 152 Å². The molecular formula is C19H30F3NO3. The van der Waals surface area contributed by atoms with Crippen LogP contribution < -0.4 is 5.32 Å². The molecule has 0 aliphatic heterocycles. The molecule has 0 aromatic rings. The highest BCUT2D eigenvalue weighted by atomic mass is 19.4. The van der Waals surface area contributed by atoms with E-state index in [1.54, 1.807) is 0 Å². The summed E-state index contributed by atoms with van der Waals surface area (Å²) in [6, 6.07) is 0. The van der Waals surface area contributed by atoms with Gasteiger partial charge in [-0.25, -0.2) is 0 Å². The highest BCUT2D eigenvalue weighted by Gasteiger charge is 2.52. The molecule has 0 bridgehead atoms. The molecule has 0 aromatic heterocycles. The lowest BCUT2D eigenvalue weighted by Gasteiger charge is -2.51. The molecule has 0 saturated heterocycles. The maximum Gasteiger partial charge on any atom is 0.417 e. The van der Waals surface area contributed by atoms with Crippen LogP contribution in [0.2, 0.25) is 0 Å². The summed E-state index contributed by atoms with van der Waals surface area (Å²) in [6.45, 7) is 5.01. The zero-order valence-corrected chi connectivity index (χ0v) is 15.8. The molecule has 2 fully saturated rings. The molecule has 2 N–H and O–H groups in total. The topological polar surface area (TPSA) is 66.4 Å². The van der Waals surface area contributed by atoms with Crippen LogP contribution in [-0.4, -0.2) is 35.1 Å². The van der Waals surface area contributed by atoms with E-state index in [1.807, 2.05) is 6.92 Å². The summed E-state index contributed by atoms with van der Waals surface area (Å²) in [4.78, 5) is 24.2. The van der Waals surface area contributed by atoms with Gasteiger partial charge in [-0.3, -0.25) is 9.59 Å². The number of ketones is 1. The minimum Gasteiger partial charge on any atom is -0.380 e. The molecular weight excluding hydrogens is 347 g/mol. The second-order valence-electron chi connectivity index (χ2n) is 8.65. The van der Waals surface area contributed by atoms with Gasteiger partial charge in [0.25, 0.3) is 0 Å². The van der Waals surface area contributed by atoms with Crippen molar-refractivity contribution < 1.29 is 27.9 Å². The number of hydrogen-bond acceptors (Lipinski definition) is 3. The zero-order chi connectivity index (χ0) is 19.8. The number of amides is 1. The fourth-order valence-electron chi connectivity index (χ4n) is 4.99. The monoisotopic (exact) mass is 377 g/mol. The van der Waals surface area contributed by atoms with E-state index < -0.39 is 24.1 Å². The minimum absolute atomic E-state index is 0.0634. The molecule has 0 heterocycles. The molecule has 2 rings (SSSR count). The van der Waals surface area contributed by atoms with Gasteiger partial charge in [0, 0.05) is 18.9 Å². The Balaban J connectivity index is 1.96. The molecule has 2 unspecified atom stereocenters. The Hall–Kier alpha value is -1.11. The fraction of sp³-hybridized carbons (Fsp3) is 0.895. The van der Waals surface area contributed by atoms with Crippen molar-refractivity contribution in [3.63, 3.8) is 0 Å². The van der Waals surface area contributed by atoms with Crippen molar-refractivity contribution >= 4 is 11.7 Å². The van der Waals surface area contributed by atoms with Crippen molar-refractivity contribution in [2.24, 2.45) is 23.2 Å². The van der Waals surface area contributed by atoms with Crippen LogP contribution in [0.4, 0.5) is 13.2 Å². The van der Waals surface area contributed by atoms with Crippen LogP contribution in [-0.2, 0) is 9.59 Å². The number of nitrogens with one attached hydrogen (secondary N) is 1. The lowest BCUT2D eigenvalue weighted by molar-refractivity contribution is -0.253. The maximum absolute atomic E-state index is 12.7. The summed E-state index contributed by atoms with van der Waals surface area (Å²) >= 11 is 0. The van der Waals surface area contributed by atoms with Gasteiger partial charge in [0.15, 0.2) is 5.60 Å². The van der Waals surface area contributed by atoms with E-state index in [-0.39, 0.29) is 29.7 Å². The minimum atomic E-state index is -4.84. The highest BCUT2D eigenvalue weighted by Crippen LogP contribution is 2.54. The van der Waals surface area contributed by atoms with Crippen LogP contribution in [0.25, 0.3) is 0 Å². The number of rotatable bonds is 5. The quantitative estimate of drug-likeness (QED) is 0.769. The third-order valence-corrected chi connectivity index (χ3v) is 6.60. The second kappa shape index (κ2) is 7.49. The molecule has 0 aromatic carbocycles. The van der Waals surface area contributed by atoms with Crippen molar-refractivity contribution in [3.8, 4) is 0 Å². The summed E-state index contributed by atoms with van der Waals surface area (Å²) < 4.78 is 38.1. The molecule has 2 aliphatic carbocycles. The van der Waals surface area contributed by atoms with Crippen LogP contribution in [0.1, 0.15) is 65.7 Å². The molecule has 150 valence electrons. The van der Waals surface area contributed by atoms with E-state index in [9.17, 15) is 27.9 Å². The number of fused-ring (bicyclic) bond motifs is 1. The van der Waals surface area contributed by atoms with Gasteiger partial charge < -0.3 is 10.4 Å². The molecule has 1 amide bonds. The molecule has 5 atom stereocenters. The van der Waals surface area contributed by atoms with E-state index in [4.69, 9.17) is 0 Å². The Morgan fingerprint density at radius 3 is 2.62 bits per heavy atom. The molecule has 2 aliphatic rings. The first-order chi connectivity index (χ1) is 11.9. The first kappa shape index (κ1) is 21.2. The van der Waals surface area contributed by atoms with Gasteiger partial charge in [-0.2, -0.15) is 13.2 Å². The number of alkyl halides is 3. The van der Waals surface area contributed by atoms with Crippen molar-refractivity contribution in [2.45, 2.75) is 77.5 Å². The SMILES string of the molecule is CC(CNC(=O)CC(C)(O)C(F)(F)F)[C@H]1CCC[C@H]2C(=O)CCC[C@]12C. The lowest BCUT2D eigenvalue weighted by atomic mass is 9.52. The normalized spacial score (nSPS) is 33.1.